The lowest BCUT2D eigenvalue weighted by molar-refractivity contribution is -0.123. The molecule has 1 heterocycles. The Bertz CT molecular complexity index is 482. The van der Waals surface area contributed by atoms with Gasteiger partial charge in [0.1, 0.15) is 5.54 Å². The minimum atomic E-state index is -0.879. The zero-order valence-electron chi connectivity index (χ0n) is 10.2. The number of rotatable bonds is 1. The average molecular weight is 232 g/mol. The fraction of sp³-hybridized carbons (Fsp3) is 0.385. The van der Waals surface area contributed by atoms with Crippen molar-refractivity contribution in [3.8, 4) is 0 Å². The summed E-state index contributed by atoms with van der Waals surface area (Å²) >= 11 is 0. The summed E-state index contributed by atoms with van der Waals surface area (Å²) in [6.07, 6.45) is 0. The van der Waals surface area contributed by atoms with Gasteiger partial charge in [0.15, 0.2) is 0 Å². The van der Waals surface area contributed by atoms with Crippen molar-refractivity contribution >= 4 is 17.5 Å². The molecule has 0 aliphatic carbocycles. The monoisotopic (exact) mass is 232 g/mol. The van der Waals surface area contributed by atoms with E-state index in [1.807, 2.05) is 13.8 Å². The highest BCUT2D eigenvalue weighted by Crippen LogP contribution is 2.26. The van der Waals surface area contributed by atoms with Gasteiger partial charge in [-0.25, -0.2) is 0 Å². The van der Waals surface area contributed by atoms with E-state index in [1.165, 1.54) is 0 Å². The number of hydrogen-bond acceptors (Lipinski definition) is 2. The van der Waals surface area contributed by atoms with Crippen LogP contribution in [0.4, 0.5) is 5.69 Å². The summed E-state index contributed by atoms with van der Waals surface area (Å²) in [6.45, 7) is 5.57. The summed E-state index contributed by atoms with van der Waals surface area (Å²) in [5.74, 6) is -0.373. The molecule has 1 aromatic rings. The summed E-state index contributed by atoms with van der Waals surface area (Å²) in [6, 6.07) is 7.02. The fourth-order valence-electron chi connectivity index (χ4n) is 1.81. The highest BCUT2D eigenvalue weighted by atomic mass is 16.2. The van der Waals surface area contributed by atoms with Crippen LogP contribution in [0, 0.1) is 5.92 Å². The first kappa shape index (κ1) is 11.6. The van der Waals surface area contributed by atoms with Crippen molar-refractivity contribution in [2.45, 2.75) is 26.3 Å². The van der Waals surface area contributed by atoms with E-state index in [-0.39, 0.29) is 17.7 Å². The van der Waals surface area contributed by atoms with Gasteiger partial charge in [-0.2, -0.15) is 0 Å². The zero-order chi connectivity index (χ0) is 12.6. The van der Waals surface area contributed by atoms with Gasteiger partial charge in [0.05, 0.1) is 11.3 Å². The Balaban J connectivity index is 2.49. The van der Waals surface area contributed by atoms with Crippen LogP contribution in [0.25, 0.3) is 0 Å². The Labute approximate surface area is 100 Å². The van der Waals surface area contributed by atoms with Crippen LogP contribution in [0.15, 0.2) is 24.3 Å². The number of hydrogen-bond donors (Lipinski definition) is 2. The zero-order valence-corrected chi connectivity index (χ0v) is 10.2. The number of nitrogens with one attached hydrogen (secondary N) is 2. The number of amides is 2. The quantitative estimate of drug-likeness (QED) is 0.775. The maximum atomic E-state index is 12.2. The van der Waals surface area contributed by atoms with E-state index in [1.54, 1.807) is 31.2 Å². The normalized spacial score (nSPS) is 23.8. The van der Waals surface area contributed by atoms with Gasteiger partial charge in [0.25, 0.3) is 5.91 Å². The second-order valence-corrected chi connectivity index (χ2v) is 4.81. The van der Waals surface area contributed by atoms with Gasteiger partial charge in [-0.15, -0.1) is 0 Å². The van der Waals surface area contributed by atoms with Crippen molar-refractivity contribution in [1.29, 1.82) is 0 Å². The molecule has 0 radical (unpaired) electrons. The van der Waals surface area contributed by atoms with Crippen LogP contribution in [0.2, 0.25) is 0 Å². The van der Waals surface area contributed by atoms with E-state index in [2.05, 4.69) is 10.6 Å². The van der Waals surface area contributed by atoms with E-state index in [0.717, 1.165) is 0 Å². The highest BCUT2D eigenvalue weighted by molar-refractivity contribution is 6.11. The molecule has 2 rings (SSSR count). The lowest BCUT2D eigenvalue weighted by atomic mass is 9.87. The third-order valence-corrected chi connectivity index (χ3v) is 3.42. The minimum Gasteiger partial charge on any atom is -0.338 e. The van der Waals surface area contributed by atoms with Gasteiger partial charge >= 0.3 is 0 Å². The van der Waals surface area contributed by atoms with E-state index in [9.17, 15) is 9.59 Å². The molecule has 90 valence electrons. The molecule has 0 saturated carbocycles. The molecule has 1 aromatic carbocycles. The van der Waals surface area contributed by atoms with Crippen LogP contribution >= 0.6 is 0 Å². The molecule has 1 aliphatic heterocycles. The smallest absolute Gasteiger partial charge is 0.254 e. The molecular formula is C13H16N2O2. The lowest BCUT2D eigenvalue weighted by Crippen LogP contribution is -2.56. The number of para-hydroxylation sites is 1. The van der Waals surface area contributed by atoms with Crippen molar-refractivity contribution in [2.75, 3.05) is 5.32 Å². The molecule has 2 amide bonds. The Kier molecular flexibility index (Phi) is 2.65. The van der Waals surface area contributed by atoms with Gasteiger partial charge in [0.2, 0.25) is 5.91 Å². The van der Waals surface area contributed by atoms with Crippen LogP contribution in [-0.2, 0) is 4.79 Å². The maximum absolute atomic E-state index is 12.2. The Morgan fingerprint density at radius 3 is 2.47 bits per heavy atom. The summed E-state index contributed by atoms with van der Waals surface area (Å²) in [5.41, 5.74) is 0.195. The predicted octanol–water partition coefficient (Wildman–Crippen LogP) is 1.78. The van der Waals surface area contributed by atoms with Gasteiger partial charge < -0.3 is 10.6 Å². The van der Waals surface area contributed by atoms with Gasteiger partial charge in [-0.1, -0.05) is 26.0 Å². The highest BCUT2D eigenvalue weighted by Gasteiger charge is 2.41. The number of anilines is 1. The van der Waals surface area contributed by atoms with Crippen LogP contribution < -0.4 is 10.6 Å². The van der Waals surface area contributed by atoms with Gasteiger partial charge in [-0.3, -0.25) is 9.59 Å². The number of benzene rings is 1. The molecule has 1 aliphatic rings. The maximum Gasteiger partial charge on any atom is 0.254 e. The van der Waals surface area contributed by atoms with Crippen LogP contribution in [0.3, 0.4) is 0 Å². The predicted molar refractivity (Wildman–Crippen MR) is 65.8 cm³/mol. The molecule has 0 bridgehead atoms. The number of fused-ring (bicyclic) bond motifs is 1. The molecule has 0 fully saturated rings. The lowest BCUT2D eigenvalue weighted by Gasteiger charge is -2.31. The van der Waals surface area contributed by atoms with Crippen molar-refractivity contribution in [3.05, 3.63) is 29.8 Å². The average Bonchev–Trinajstić information content (AvgIpc) is 2.37. The standard InChI is InChI=1S/C13H16N2O2/c1-8(2)13(3)12(17)14-10-7-5-4-6-9(10)11(16)15-13/h4-8H,1-3H3,(H,14,17)(H,15,16)/t13-/m0/s1. The number of carbonyl (C=O) groups excluding carboxylic acids is 2. The molecule has 1 atom stereocenters. The molecular weight excluding hydrogens is 216 g/mol. The van der Waals surface area contributed by atoms with Crippen LogP contribution in [0.1, 0.15) is 31.1 Å². The Hall–Kier alpha value is -1.84. The minimum absolute atomic E-state index is 0.0146. The van der Waals surface area contributed by atoms with Crippen LogP contribution in [0.5, 0.6) is 0 Å². The Morgan fingerprint density at radius 1 is 1.18 bits per heavy atom. The summed E-state index contributed by atoms with van der Waals surface area (Å²) < 4.78 is 0. The third-order valence-electron chi connectivity index (χ3n) is 3.42. The molecule has 0 aromatic heterocycles. The van der Waals surface area contributed by atoms with Crippen LogP contribution in [-0.4, -0.2) is 17.4 Å². The van der Waals surface area contributed by atoms with Crippen molar-refractivity contribution < 1.29 is 9.59 Å². The molecule has 2 N–H and O–H groups in total. The third kappa shape index (κ3) is 1.79. The van der Waals surface area contributed by atoms with Crippen molar-refractivity contribution in [2.24, 2.45) is 5.92 Å². The topological polar surface area (TPSA) is 58.2 Å². The van der Waals surface area contributed by atoms with Crippen molar-refractivity contribution in [1.82, 2.24) is 5.32 Å². The van der Waals surface area contributed by atoms with Gasteiger partial charge in [-0.05, 0) is 25.0 Å². The summed E-state index contributed by atoms with van der Waals surface area (Å²) in [4.78, 5) is 24.2. The fourth-order valence-corrected chi connectivity index (χ4v) is 1.81. The molecule has 0 spiro atoms. The SMILES string of the molecule is CC(C)[C@]1(C)NC(=O)c2ccccc2NC1=O. The van der Waals surface area contributed by atoms with E-state index >= 15 is 0 Å². The van der Waals surface area contributed by atoms with E-state index in [4.69, 9.17) is 0 Å². The summed E-state index contributed by atoms with van der Waals surface area (Å²) in [5, 5.41) is 5.61. The molecule has 17 heavy (non-hydrogen) atoms. The first-order chi connectivity index (χ1) is 7.95. The second kappa shape index (κ2) is 3.87. The van der Waals surface area contributed by atoms with Crippen molar-refractivity contribution in [3.63, 3.8) is 0 Å². The van der Waals surface area contributed by atoms with E-state index in [0.29, 0.717) is 11.3 Å². The molecule has 0 saturated heterocycles. The first-order valence-corrected chi connectivity index (χ1v) is 5.68. The molecule has 4 nitrogen and oxygen atoms in total. The molecule has 0 unspecified atom stereocenters. The van der Waals surface area contributed by atoms with E-state index < -0.39 is 5.54 Å². The first-order valence-electron chi connectivity index (χ1n) is 5.68. The van der Waals surface area contributed by atoms with Gasteiger partial charge in [0, 0.05) is 0 Å². The largest absolute Gasteiger partial charge is 0.338 e. The molecule has 4 heteroatoms. The number of carbonyl (C=O) groups is 2. The summed E-state index contributed by atoms with van der Waals surface area (Å²) in [7, 11) is 0. The second-order valence-electron chi connectivity index (χ2n) is 4.81. The Morgan fingerprint density at radius 2 is 1.82 bits per heavy atom.